The molecular formula is C18H22FN3O2S. The Balaban J connectivity index is 2.51. The zero-order valence-electron chi connectivity index (χ0n) is 14.7. The van der Waals surface area contributed by atoms with Crippen molar-refractivity contribution in [2.75, 3.05) is 25.2 Å². The Morgan fingerprint density at radius 2 is 1.92 bits per heavy atom. The first-order valence-corrected chi connectivity index (χ1v) is 9.72. The molecule has 0 aliphatic heterocycles. The first-order valence-electron chi connectivity index (χ1n) is 7.83. The van der Waals surface area contributed by atoms with Crippen molar-refractivity contribution in [2.24, 2.45) is 4.99 Å². The average molecular weight is 363 g/mol. The van der Waals surface area contributed by atoms with E-state index in [0.29, 0.717) is 11.4 Å². The van der Waals surface area contributed by atoms with Crippen LogP contribution in [0.4, 0.5) is 21.5 Å². The molecule has 0 aliphatic carbocycles. The molecule has 0 aliphatic rings. The Hall–Kier alpha value is -2.41. The van der Waals surface area contributed by atoms with Crippen molar-refractivity contribution >= 4 is 33.2 Å². The highest BCUT2D eigenvalue weighted by Crippen LogP contribution is 2.32. The first kappa shape index (κ1) is 18.9. The number of para-hydroxylation sites is 1. The molecule has 1 N–H and O–H groups in total. The van der Waals surface area contributed by atoms with Gasteiger partial charge in [-0.2, -0.15) is 0 Å². The van der Waals surface area contributed by atoms with E-state index < -0.39 is 15.7 Å². The Kier molecular flexibility index (Phi) is 5.79. The first-order chi connectivity index (χ1) is 11.7. The third-order valence-corrected chi connectivity index (χ3v) is 4.87. The molecule has 0 bridgehead atoms. The van der Waals surface area contributed by atoms with Crippen molar-refractivity contribution in [1.29, 1.82) is 0 Å². The van der Waals surface area contributed by atoms with Gasteiger partial charge in [-0.25, -0.2) is 17.8 Å². The number of nitrogens with zero attached hydrogens (tertiary/aromatic N) is 2. The summed E-state index contributed by atoms with van der Waals surface area (Å²) in [5, 5.41) is 2.95. The van der Waals surface area contributed by atoms with E-state index in [1.807, 2.05) is 25.8 Å². The number of halogens is 1. The lowest BCUT2D eigenvalue weighted by atomic mass is 10.1. The van der Waals surface area contributed by atoms with Crippen molar-refractivity contribution in [2.45, 2.75) is 18.7 Å². The monoisotopic (exact) mass is 363 g/mol. The number of anilines is 2. The van der Waals surface area contributed by atoms with Crippen LogP contribution in [-0.4, -0.2) is 39.5 Å². The van der Waals surface area contributed by atoms with Crippen molar-refractivity contribution in [1.82, 2.24) is 4.90 Å². The maximum atomic E-state index is 13.9. The molecule has 2 aromatic rings. The number of aliphatic imine (C=N–C) groups is 1. The Bertz CT molecular complexity index is 895. The zero-order chi connectivity index (χ0) is 18.6. The summed E-state index contributed by atoms with van der Waals surface area (Å²) in [7, 11) is -1.64. The molecule has 2 rings (SSSR count). The van der Waals surface area contributed by atoms with Gasteiger partial charge in [0.05, 0.1) is 22.6 Å². The van der Waals surface area contributed by atoms with Crippen LogP contribution in [0, 0.1) is 12.7 Å². The lowest BCUT2D eigenvalue weighted by Crippen LogP contribution is -2.14. The number of hydrogen-bond acceptors (Lipinski definition) is 4. The van der Waals surface area contributed by atoms with Crippen LogP contribution >= 0.6 is 0 Å². The van der Waals surface area contributed by atoms with Gasteiger partial charge in [0.25, 0.3) is 0 Å². The molecule has 0 atom stereocenters. The van der Waals surface area contributed by atoms with Gasteiger partial charge in [-0.3, -0.25) is 0 Å². The summed E-state index contributed by atoms with van der Waals surface area (Å²) in [5.74, 6) is -0.408. The van der Waals surface area contributed by atoms with Gasteiger partial charge in [0.2, 0.25) is 0 Å². The highest BCUT2D eigenvalue weighted by atomic mass is 32.2. The van der Waals surface area contributed by atoms with E-state index in [1.54, 1.807) is 30.6 Å². The van der Waals surface area contributed by atoms with E-state index in [4.69, 9.17) is 0 Å². The summed E-state index contributed by atoms with van der Waals surface area (Å²) in [6.07, 6.45) is 2.72. The molecule has 0 spiro atoms. The second-order valence-corrected chi connectivity index (χ2v) is 7.81. The summed E-state index contributed by atoms with van der Waals surface area (Å²) in [6, 6.07) is 9.41. The van der Waals surface area contributed by atoms with Gasteiger partial charge in [-0.05, 0) is 43.7 Å². The minimum atomic E-state index is -3.50. The molecule has 0 radical (unpaired) electrons. The van der Waals surface area contributed by atoms with Crippen LogP contribution in [0.3, 0.4) is 0 Å². The van der Waals surface area contributed by atoms with E-state index in [1.165, 1.54) is 12.1 Å². The lowest BCUT2D eigenvalue weighted by molar-refractivity contribution is 0.552. The van der Waals surface area contributed by atoms with Gasteiger partial charge < -0.3 is 10.2 Å². The minimum absolute atomic E-state index is 0.0951. The molecule has 25 heavy (non-hydrogen) atoms. The summed E-state index contributed by atoms with van der Waals surface area (Å²) in [6.45, 7) is 4.54. The molecule has 0 fully saturated rings. The van der Waals surface area contributed by atoms with Crippen LogP contribution in [0.25, 0.3) is 0 Å². The van der Waals surface area contributed by atoms with Crippen LogP contribution in [0.15, 0.2) is 46.3 Å². The third-order valence-electron chi connectivity index (χ3n) is 3.74. The normalized spacial score (nSPS) is 11.7. The quantitative estimate of drug-likeness (QED) is 0.625. The van der Waals surface area contributed by atoms with Gasteiger partial charge in [0.1, 0.15) is 5.82 Å². The molecule has 134 valence electrons. The molecule has 5 nitrogen and oxygen atoms in total. The molecule has 2 aromatic carbocycles. The van der Waals surface area contributed by atoms with E-state index >= 15 is 0 Å². The standard InChI is InChI=1S/C18H22FN3O2S/c1-5-22(3)12-20-17-10-13(2)16(11-18(17)25(4,23)24)21-15-9-7-6-8-14(15)19/h6-12,21H,5H2,1-4H3. The molecule has 0 saturated carbocycles. The van der Waals surface area contributed by atoms with Gasteiger partial charge in [0.15, 0.2) is 9.84 Å². The van der Waals surface area contributed by atoms with Crippen molar-refractivity contribution < 1.29 is 12.8 Å². The van der Waals surface area contributed by atoms with E-state index in [-0.39, 0.29) is 10.6 Å². The largest absolute Gasteiger partial charge is 0.366 e. The number of benzene rings is 2. The van der Waals surface area contributed by atoms with Crippen LogP contribution in [0.5, 0.6) is 0 Å². The highest BCUT2D eigenvalue weighted by Gasteiger charge is 2.16. The molecule has 0 amide bonds. The molecule has 0 unspecified atom stereocenters. The van der Waals surface area contributed by atoms with Gasteiger partial charge in [-0.15, -0.1) is 0 Å². The highest BCUT2D eigenvalue weighted by molar-refractivity contribution is 7.90. The second kappa shape index (κ2) is 7.65. The van der Waals surface area contributed by atoms with Crippen molar-refractivity contribution in [3.8, 4) is 0 Å². The van der Waals surface area contributed by atoms with Gasteiger partial charge in [-0.1, -0.05) is 12.1 Å². The van der Waals surface area contributed by atoms with Crippen LogP contribution in [0.2, 0.25) is 0 Å². The van der Waals surface area contributed by atoms with E-state index in [2.05, 4.69) is 10.3 Å². The third kappa shape index (κ3) is 4.79. The van der Waals surface area contributed by atoms with Crippen molar-refractivity contribution in [3.63, 3.8) is 0 Å². The fraction of sp³-hybridized carbons (Fsp3) is 0.278. The SMILES string of the molecule is CCN(C)C=Nc1cc(C)c(Nc2ccccc2F)cc1S(C)(=O)=O. The minimum Gasteiger partial charge on any atom is -0.366 e. The summed E-state index contributed by atoms with van der Waals surface area (Å²) in [4.78, 5) is 6.23. The number of aryl methyl sites for hydroxylation is 1. The summed E-state index contributed by atoms with van der Waals surface area (Å²) < 4.78 is 38.2. The Labute approximate surface area is 148 Å². The summed E-state index contributed by atoms with van der Waals surface area (Å²) in [5.41, 5.74) is 1.93. The van der Waals surface area contributed by atoms with Crippen LogP contribution in [0.1, 0.15) is 12.5 Å². The maximum Gasteiger partial charge on any atom is 0.177 e. The van der Waals surface area contributed by atoms with Crippen molar-refractivity contribution in [3.05, 3.63) is 47.8 Å². The second-order valence-electron chi connectivity index (χ2n) is 5.83. The van der Waals surface area contributed by atoms with Crippen LogP contribution in [-0.2, 0) is 9.84 Å². The zero-order valence-corrected chi connectivity index (χ0v) is 15.6. The summed E-state index contributed by atoms with van der Waals surface area (Å²) >= 11 is 0. The van der Waals surface area contributed by atoms with E-state index in [0.717, 1.165) is 18.4 Å². The molecular weight excluding hydrogens is 341 g/mol. The number of hydrogen-bond donors (Lipinski definition) is 1. The molecule has 0 aromatic heterocycles. The van der Waals surface area contributed by atoms with Gasteiger partial charge >= 0.3 is 0 Å². The smallest absolute Gasteiger partial charge is 0.177 e. The van der Waals surface area contributed by atoms with E-state index in [9.17, 15) is 12.8 Å². The average Bonchev–Trinajstić information content (AvgIpc) is 2.55. The topological polar surface area (TPSA) is 61.8 Å². The number of nitrogens with one attached hydrogen (secondary N) is 1. The Morgan fingerprint density at radius 1 is 1.24 bits per heavy atom. The lowest BCUT2D eigenvalue weighted by Gasteiger charge is -2.14. The molecule has 0 heterocycles. The maximum absolute atomic E-state index is 13.9. The fourth-order valence-corrected chi connectivity index (χ4v) is 2.98. The number of sulfone groups is 1. The Morgan fingerprint density at radius 3 is 2.52 bits per heavy atom. The van der Waals surface area contributed by atoms with Gasteiger partial charge in [0, 0.05) is 25.5 Å². The molecule has 7 heteroatoms. The van der Waals surface area contributed by atoms with Crippen LogP contribution < -0.4 is 5.32 Å². The number of rotatable bonds is 6. The predicted molar refractivity (Wildman–Crippen MR) is 100 cm³/mol. The predicted octanol–water partition coefficient (Wildman–Crippen LogP) is 3.89. The molecule has 0 saturated heterocycles. The fourth-order valence-electron chi connectivity index (χ4n) is 2.16.